The quantitative estimate of drug-likeness (QED) is 0.150. The first-order chi connectivity index (χ1) is 12.2. The molecule has 1 atom stereocenters. The maximum Gasteiger partial charge on any atom is 0.349 e. The fraction of sp³-hybridized carbons (Fsp3) is 0.357. The van der Waals surface area contributed by atoms with E-state index in [0.29, 0.717) is 37.1 Å². The van der Waals surface area contributed by atoms with Crippen molar-refractivity contribution in [2.45, 2.75) is 25.3 Å². The van der Waals surface area contributed by atoms with Crippen LogP contribution >= 0.6 is 0 Å². The van der Waals surface area contributed by atoms with Gasteiger partial charge in [-0.05, 0) is 19.3 Å². The molecule has 0 aromatic heterocycles. The number of carboxylic acids is 3. The zero-order valence-electron chi connectivity index (χ0n) is 13.4. The smallest absolute Gasteiger partial charge is 0.349 e. The number of carbonyl (C=O) groups is 5. The summed E-state index contributed by atoms with van der Waals surface area (Å²) in [6.07, 6.45) is 3.30. The van der Waals surface area contributed by atoms with E-state index in [-0.39, 0.29) is 13.0 Å². The predicted molar refractivity (Wildman–Crippen MR) is 82.1 cm³/mol. The zero-order chi connectivity index (χ0) is 19.9. The van der Waals surface area contributed by atoms with Gasteiger partial charge in [-0.25, -0.2) is 19.2 Å². The van der Waals surface area contributed by atoms with Gasteiger partial charge in [-0.2, -0.15) is 5.48 Å². The molecule has 0 saturated carbocycles. The molecule has 0 rings (SSSR count). The lowest BCUT2D eigenvalue weighted by atomic mass is 10.1. The summed E-state index contributed by atoms with van der Waals surface area (Å²) in [5.74, 6) is -5.91. The van der Waals surface area contributed by atoms with Gasteiger partial charge < -0.3 is 25.0 Å². The Morgan fingerprint density at radius 3 is 1.85 bits per heavy atom. The second-order valence-electron chi connectivity index (χ2n) is 4.58. The first kappa shape index (κ1) is 22.8. The monoisotopic (exact) mass is 374 g/mol. The van der Waals surface area contributed by atoms with E-state index in [1.165, 1.54) is 0 Å². The maximum atomic E-state index is 11.1. The van der Waals surface area contributed by atoms with Gasteiger partial charge in [0.2, 0.25) is 0 Å². The van der Waals surface area contributed by atoms with E-state index in [2.05, 4.69) is 15.2 Å². The second-order valence-corrected chi connectivity index (χ2v) is 4.58. The second kappa shape index (κ2) is 13.1. The van der Waals surface area contributed by atoms with Crippen LogP contribution in [0.4, 0.5) is 0 Å². The van der Waals surface area contributed by atoms with Crippen molar-refractivity contribution in [3.63, 3.8) is 0 Å². The summed E-state index contributed by atoms with van der Waals surface area (Å²) in [6.45, 7) is 0.181. The van der Waals surface area contributed by atoms with Crippen molar-refractivity contribution in [2.75, 3.05) is 6.54 Å². The number of unbranched alkanes of at least 4 members (excludes halogenated alkanes) is 1. The molecule has 12 nitrogen and oxygen atoms in total. The van der Waals surface area contributed by atoms with E-state index >= 15 is 0 Å². The van der Waals surface area contributed by atoms with Crippen molar-refractivity contribution in [1.82, 2.24) is 11.0 Å². The number of hydrogen-bond donors (Lipinski definition) is 5. The molecule has 0 amide bonds. The predicted octanol–water partition coefficient (Wildman–Crippen LogP) is -1.01. The van der Waals surface area contributed by atoms with Crippen LogP contribution in [-0.2, 0) is 33.6 Å². The SMILES string of the molecule is O=C(O)/C=C\C(=O)ONCCCC[C@H](NOC(=O)/C=C\C(=O)O)C(=O)O. The number of rotatable bonds is 13. The fourth-order valence-electron chi connectivity index (χ4n) is 1.38. The van der Waals surface area contributed by atoms with Crippen LogP contribution in [0.15, 0.2) is 24.3 Å². The van der Waals surface area contributed by atoms with Gasteiger partial charge in [-0.1, -0.05) is 0 Å². The van der Waals surface area contributed by atoms with Crippen molar-refractivity contribution in [2.24, 2.45) is 0 Å². The Kier molecular flexibility index (Phi) is 11.5. The van der Waals surface area contributed by atoms with E-state index < -0.39 is 35.9 Å². The number of carboxylic acid groups (broad SMARTS) is 3. The Bertz CT molecular complexity index is 584. The normalized spacial score (nSPS) is 12.0. The van der Waals surface area contributed by atoms with Crippen molar-refractivity contribution >= 4 is 29.8 Å². The topological polar surface area (TPSA) is 189 Å². The summed E-state index contributed by atoms with van der Waals surface area (Å²) in [5.41, 5.74) is 4.29. The van der Waals surface area contributed by atoms with Crippen molar-refractivity contribution in [3.05, 3.63) is 24.3 Å². The molecule has 0 aliphatic heterocycles. The summed E-state index contributed by atoms with van der Waals surface area (Å²) in [6, 6.07) is -1.21. The molecule has 0 spiro atoms. The lowest BCUT2D eigenvalue weighted by Crippen LogP contribution is -2.38. The van der Waals surface area contributed by atoms with E-state index in [0.717, 1.165) is 0 Å². The fourth-order valence-corrected chi connectivity index (χ4v) is 1.38. The Labute approximate surface area is 147 Å². The summed E-state index contributed by atoms with van der Waals surface area (Å²) >= 11 is 0. The van der Waals surface area contributed by atoms with Gasteiger partial charge in [0.1, 0.15) is 6.04 Å². The average molecular weight is 374 g/mol. The van der Waals surface area contributed by atoms with E-state index in [4.69, 9.17) is 15.3 Å². The van der Waals surface area contributed by atoms with Gasteiger partial charge in [-0.15, -0.1) is 5.48 Å². The van der Waals surface area contributed by atoms with E-state index in [1.54, 1.807) is 0 Å². The lowest BCUT2D eigenvalue weighted by Gasteiger charge is -2.13. The third-order valence-electron chi connectivity index (χ3n) is 2.52. The molecule has 0 saturated heterocycles. The molecule has 0 fully saturated rings. The Balaban J connectivity index is 3.99. The highest BCUT2D eigenvalue weighted by molar-refractivity contribution is 5.91. The molecule has 0 heterocycles. The molecule has 0 aromatic carbocycles. The Morgan fingerprint density at radius 2 is 1.35 bits per heavy atom. The molecule has 0 aromatic rings. The highest BCUT2D eigenvalue weighted by Gasteiger charge is 2.18. The Morgan fingerprint density at radius 1 is 0.808 bits per heavy atom. The first-order valence-electron chi connectivity index (χ1n) is 7.17. The third kappa shape index (κ3) is 13.2. The standard InChI is InChI=1S/C14H18N2O10/c17-10(18)4-6-12(21)25-15-8-2-1-3-9(14(23)24)16-26-13(22)7-5-11(19)20/h4-7,9,15-16H,1-3,8H2,(H,17,18)(H,19,20)(H,23,24)/b6-4-,7-5-/t9-/m0/s1. The average Bonchev–Trinajstić information content (AvgIpc) is 2.56. The van der Waals surface area contributed by atoms with Crippen molar-refractivity contribution < 1.29 is 49.0 Å². The molecule has 12 heteroatoms. The van der Waals surface area contributed by atoms with Crippen LogP contribution in [0.3, 0.4) is 0 Å². The van der Waals surface area contributed by atoms with Crippen LogP contribution in [-0.4, -0.2) is 57.8 Å². The molecule has 5 N–H and O–H groups in total. The van der Waals surface area contributed by atoms with Gasteiger partial charge in [-0.3, -0.25) is 4.79 Å². The van der Waals surface area contributed by atoms with Crippen LogP contribution in [0.2, 0.25) is 0 Å². The summed E-state index contributed by atoms with van der Waals surface area (Å²) in [7, 11) is 0. The number of nitrogens with one attached hydrogen (secondary N) is 2. The highest BCUT2D eigenvalue weighted by atomic mass is 16.7. The van der Waals surface area contributed by atoms with Crippen LogP contribution in [0.5, 0.6) is 0 Å². The van der Waals surface area contributed by atoms with Gasteiger partial charge in [0.05, 0.1) is 0 Å². The minimum absolute atomic E-state index is 0.0692. The van der Waals surface area contributed by atoms with Crippen molar-refractivity contribution in [3.8, 4) is 0 Å². The van der Waals surface area contributed by atoms with E-state index in [9.17, 15) is 24.0 Å². The summed E-state index contributed by atoms with van der Waals surface area (Å²) in [5, 5.41) is 25.6. The molecule has 0 aliphatic carbocycles. The number of hydrogen-bond acceptors (Lipinski definition) is 9. The van der Waals surface area contributed by atoms with Gasteiger partial charge in [0.25, 0.3) is 0 Å². The van der Waals surface area contributed by atoms with Crippen LogP contribution in [0.25, 0.3) is 0 Å². The third-order valence-corrected chi connectivity index (χ3v) is 2.52. The van der Waals surface area contributed by atoms with Gasteiger partial charge in [0, 0.05) is 30.8 Å². The van der Waals surface area contributed by atoms with Crippen LogP contribution < -0.4 is 11.0 Å². The minimum atomic E-state index is -1.36. The molecule has 0 unspecified atom stereocenters. The maximum absolute atomic E-state index is 11.1. The number of aliphatic carboxylic acids is 3. The van der Waals surface area contributed by atoms with Gasteiger partial charge in [0.15, 0.2) is 0 Å². The number of hydroxylamine groups is 2. The Hall–Kier alpha value is -3.25. The molecule has 0 bridgehead atoms. The summed E-state index contributed by atoms with van der Waals surface area (Å²) in [4.78, 5) is 62.4. The van der Waals surface area contributed by atoms with E-state index in [1.807, 2.05) is 5.48 Å². The molecule has 0 radical (unpaired) electrons. The zero-order valence-corrected chi connectivity index (χ0v) is 13.4. The van der Waals surface area contributed by atoms with Crippen molar-refractivity contribution in [1.29, 1.82) is 0 Å². The van der Waals surface area contributed by atoms with Crippen LogP contribution in [0.1, 0.15) is 19.3 Å². The first-order valence-corrected chi connectivity index (χ1v) is 7.17. The molecular weight excluding hydrogens is 356 g/mol. The molecule has 144 valence electrons. The number of carbonyl (C=O) groups excluding carboxylic acids is 2. The summed E-state index contributed by atoms with van der Waals surface area (Å²) < 4.78 is 0. The highest BCUT2D eigenvalue weighted by Crippen LogP contribution is 2.01. The minimum Gasteiger partial charge on any atom is -0.480 e. The largest absolute Gasteiger partial charge is 0.480 e. The van der Waals surface area contributed by atoms with Crippen LogP contribution in [0, 0.1) is 0 Å². The molecule has 0 aliphatic rings. The molecule has 26 heavy (non-hydrogen) atoms. The lowest BCUT2D eigenvalue weighted by molar-refractivity contribution is -0.154. The molecular formula is C14H18N2O10. The van der Waals surface area contributed by atoms with Gasteiger partial charge >= 0.3 is 29.8 Å².